The Labute approximate surface area is 139 Å². The number of carbonyl (C=O) groups is 1. The molecule has 126 valence electrons. The predicted molar refractivity (Wildman–Crippen MR) is 89.8 cm³/mol. The lowest BCUT2D eigenvalue weighted by molar-refractivity contribution is -0.116. The molecule has 4 N–H and O–H groups in total. The molecule has 0 radical (unpaired) electrons. The van der Waals surface area contributed by atoms with E-state index in [1.165, 1.54) is 24.3 Å². The van der Waals surface area contributed by atoms with Crippen LogP contribution >= 0.6 is 0 Å². The molecular formula is C18H19NO5. The van der Waals surface area contributed by atoms with E-state index < -0.39 is 6.10 Å². The van der Waals surface area contributed by atoms with Crippen molar-refractivity contribution in [1.29, 1.82) is 0 Å². The number of aromatic hydroxyl groups is 2. The highest BCUT2D eigenvalue weighted by atomic mass is 16.5. The van der Waals surface area contributed by atoms with Crippen molar-refractivity contribution < 1.29 is 24.9 Å². The first-order chi connectivity index (χ1) is 11.5. The first-order valence-corrected chi connectivity index (χ1v) is 7.29. The predicted octanol–water partition coefficient (Wildman–Crippen LogP) is 1.97. The molecule has 0 aliphatic rings. The van der Waals surface area contributed by atoms with E-state index in [0.29, 0.717) is 16.9 Å². The third kappa shape index (κ3) is 4.76. The van der Waals surface area contributed by atoms with Crippen LogP contribution in [0.25, 0.3) is 6.08 Å². The molecule has 0 saturated heterocycles. The maximum absolute atomic E-state index is 11.8. The van der Waals surface area contributed by atoms with E-state index in [2.05, 4.69) is 5.32 Å². The van der Waals surface area contributed by atoms with Crippen molar-refractivity contribution in [3.63, 3.8) is 0 Å². The third-order valence-corrected chi connectivity index (χ3v) is 3.40. The van der Waals surface area contributed by atoms with E-state index in [0.717, 1.165) is 0 Å². The van der Waals surface area contributed by atoms with Gasteiger partial charge in [0.25, 0.3) is 0 Å². The minimum absolute atomic E-state index is 0.0658. The van der Waals surface area contributed by atoms with Gasteiger partial charge in [0.05, 0.1) is 13.2 Å². The first-order valence-electron chi connectivity index (χ1n) is 7.29. The Hall–Kier alpha value is -2.99. The number of aliphatic hydroxyl groups excluding tert-OH is 1. The second-order valence-electron chi connectivity index (χ2n) is 5.12. The molecule has 0 bridgehead atoms. The largest absolute Gasteiger partial charge is 0.504 e. The van der Waals surface area contributed by atoms with Crippen molar-refractivity contribution in [2.75, 3.05) is 13.7 Å². The van der Waals surface area contributed by atoms with Crippen LogP contribution in [0.3, 0.4) is 0 Å². The van der Waals surface area contributed by atoms with Gasteiger partial charge in [0.15, 0.2) is 11.5 Å². The number of ether oxygens (including phenoxy) is 1. The average molecular weight is 329 g/mol. The smallest absolute Gasteiger partial charge is 0.244 e. The lowest BCUT2D eigenvalue weighted by Gasteiger charge is -2.11. The number of phenolic OH excluding ortho intramolecular Hbond substituents is 2. The Balaban J connectivity index is 1.87. The van der Waals surface area contributed by atoms with Gasteiger partial charge >= 0.3 is 0 Å². The van der Waals surface area contributed by atoms with Gasteiger partial charge in [0, 0.05) is 12.6 Å². The van der Waals surface area contributed by atoms with Crippen LogP contribution in [0.1, 0.15) is 17.2 Å². The molecular weight excluding hydrogens is 310 g/mol. The number of phenols is 2. The topological polar surface area (TPSA) is 99.0 Å². The van der Waals surface area contributed by atoms with Gasteiger partial charge < -0.3 is 25.4 Å². The minimum Gasteiger partial charge on any atom is -0.504 e. The highest BCUT2D eigenvalue weighted by Gasteiger charge is 2.08. The molecule has 1 amide bonds. The maximum Gasteiger partial charge on any atom is 0.244 e. The number of rotatable bonds is 6. The molecule has 6 nitrogen and oxygen atoms in total. The summed E-state index contributed by atoms with van der Waals surface area (Å²) in [5.74, 6) is -0.170. The van der Waals surface area contributed by atoms with Crippen LogP contribution < -0.4 is 10.1 Å². The summed E-state index contributed by atoms with van der Waals surface area (Å²) in [7, 11) is 1.56. The summed E-state index contributed by atoms with van der Waals surface area (Å²) in [6, 6.07) is 11.2. The molecule has 0 saturated carbocycles. The number of aliphatic hydroxyl groups is 1. The van der Waals surface area contributed by atoms with Crippen LogP contribution in [-0.2, 0) is 4.79 Å². The van der Waals surface area contributed by atoms with Crippen LogP contribution in [0, 0.1) is 0 Å². The molecule has 0 heterocycles. The SMILES string of the molecule is COc1ccc([C@H](O)CNC(=O)/C=C/c2ccc(O)c(O)c2)cc1. The van der Waals surface area contributed by atoms with Crippen molar-refractivity contribution in [3.8, 4) is 17.2 Å². The van der Waals surface area contributed by atoms with Crippen LogP contribution in [0.4, 0.5) is 0 Å². The normalized spacial score (nSPS) is 12.1. The van der Waals surface area contributed by atoms with Gasteiger partial charge in [-0.05, 0) is 41.5 Å². The maximum atomic E-state index is 11.8. The zero-order chi connectivity index (χ0) is 17.5. The number of benzene rings is 2. The molecule has 2 aromatic carbocycles. The summed E-state index contributed by atoms with van der Waals surface area (Å²) >= 11 is 0. The van der Waals surface area contributed by atoms with E-state index in [1.54, 1.807) is 37.4 Å². The fourth-order valence-corrected chi connectivity index (χ4v) is 2.02. The Morgan fingerprint density at radius 3 is 2.50 bits per heavy atom. The Morgan fingerprint density at radius 1 is 1.17 bits per heavy atom. The molecule has 0 aliphatic carbocycles. The second-order valence-corrected chi connectivity index (χ2v) is 5.12. The summed E-state index contributed by atoms with van der Waals surface area (Å²) < 4.78 is 5.04. The van der Waals surface area contributed by atoms with Gasteiger partial charge in [0.2, 0.25) is 5.91 Å². The van der Waals surface area contributed by atoms with Gasteiger partial charge in [-0.1, -0.05) is 18.2 Å². The number of nitrogens with one attached hydrogen (secondary N) is 1. The molecule has 0 unspecified atom stereocenters. The van der Waals surface area contributed by atoms with Crippen molar-refractivity contribution in [3.05, 3.63) is 59.7 Å². The highest BCUT2D eigenvalue weighted by Crippen LogP contribution is 2.25. The second kappa shape index (κ2) is 8.03. The van der Waals surface area contributed by atoms with Crippen molar-refractivity contribution in [2.45, 2.75) is 6.10 Å². The molecule has 1 atom stereocenters. The van der Waals surface area contributed by atoms with Gasteiger partial charge in [-0.15, -0.1) is 0 Å². The Kier molecular flexibility index (Phi) is 5.81. The van der Waals surface area contributed by atoms with E-state index in [-0.39, 0.29) is 24.0 Å². The van der Waals surface area contributed by atoms with Crippen LogP contribution in [0.15, 0.2) is 48.5 Å². The highest BCUT2D eigenvalue weighted by molar-refractivity contribution is 5.91. The molecule has 0 fully saturated rings. The zero-order valence-electron chi connectivity index (χ0n) is 13.1. The van der Waals surface area contributed by atoms with E-state index in [9.17, 15) is 20.1 Å². The third-order valence-electron chi connectivity index (χ3n) is 3.40. The average Bonchev–Trinajstić information content (AvgIpc) is 2.60. The number of hydrogen-bond acceptors (Lipinski definition) is 5. The van der Waals surface area contributed by atoms with Crippen molar-refractivity contribution in [2.24, 2.45) is 0 Å². The standard InChI is InChI=1S/C18H19NO5/c1-24-14-6-4-13(5-7-14)17(22)11-19-18(23)9-3-12-2-8-15(20)16(21)10-12/h2-10,17,20-22H,11H2,1H3,(H,19,23)/b9-3+/t17-/m1/s1. The van der Waals surface area contributed by atoms with Crippen molar-refractivity contribution in [1.82, 2.24) is 5.32 Å². The summed E-state index contributed by atoms with van der Waals surface area (Å²) in [6.45, 7) is 0.0658. The van der Waals surface area contributed by atoms with Crippen LogP contribution in [0.2, 0.25) is 0 Å². The zero-order valence-corrected chi connectivity index (χ0v) is 13.1. The molecule has 0 spiro atoms. The fraction of sp³-hybridized carbons (Fsp3) is 0.167. The summed E-state index contributed by atoms with van der Waals surface area (Å²) in [5.41, 5.74) is 1.24. The molecule has 2 aromatic rings. The van der Waals surface area contributed by atoms with Crippen molar-refractivity contribution >= 4 is 12.0 Å². The quantitative estimate of drug-likeness (QED) is 0.480. The lowest BCUT2D eigenvalue weighted by Crippen LogP contribution is -2.26. The van der Waals surface area contributed by atoms with Crippen LogP contribution in [-0.4, -0.2) is 34.9 Å². The number of hydrogen-bond donors (Lipinski definition) is 4. The summed E-state index contributed by atoms with van der Waals surface area (Å²) in [6.07, 6.45) is 1.95. The summed E-state index contributed by atoms with van der Waals surface area (Å²) in [4.78, 5) is 11.8. The van der Waals surface area contributed by atoms with E-state index >= 15 is 0 Å². The molecule has 0 aliphatic heterocycles. The lowest BCUT2D eigenvalue weighted by atomic mass is 10.1. The monoisotopic (exact) mass is 329 g/mol. The van der Waals surface area contributed by atoms with Gasteiger partial charge in [-0.2, -0.15) is 0 Å². The molecule has 6 heteroatoms. The minimum atomic E-state index is -0.828. The summed E-state index contributed by atoms with van der Waals surface area (Å²) in [5, 5.41) is 31.2. The van der Waals surface area contributed by atoms with E-state index in [1.807, 2.05) is 0 Å². The molecule has 0 aromatic heterocycles. The fourth-order valence-electron chi connectivity index (χ4n) is 2.02. The molecule has 24 heavy (non-hydrogen) atoms. The Morgan fingerprint density at radius 2 is 1.88 bits per heavy atom. The number of amides is 1. The number of carbonyl (C=O) groups excluding carboxylic acids is 1. The van der Waals surface area contributed by atoms with Gasteiger partial charge in [-0.3, -0.25) is 4.79 Å². The molecule has 2 rings (SSSR count). The van der Waals surface area contributed by atoms with Crippen LogP contribution in [0.5, 0.6) is 17.2 Å². The first kappa shape index (κ1) is 17.4. The van der Waals surface area contributed by atoms with Gasteiger partial charge in [-0.25, -0.2) is 0 Å². The Bertz CT molecular complexity index is 725. The van der Waals surface area contributed by atoms with E-state index in [4.69, 9.17) is 4.74 Å². The number of methoxy groups -OCH3 is 1. The van der Waals surface area contributed by atoms with Gasteiger partial charge in [0.1, 0.15) is 5.75 Å².